The zero-order valence-electron chi connectivity index (χ0n) is 14.4. The second-order valence-electron chi connectivity index (χ2n) is 6.99. The van der Waals surface area contributed by atoms with Gasteiger partial charge in [0.15, 0.2) is 0 Å². The van der Waals surface area contributed by atoms with Gasteiger partial charge in [-0.2, -0.15) is 0 Å². The third-order valence-electron chi connectivity index (χ3n) is 5.15. The Morgan fingerprint density at radius 3 is 2.56 bits per heavy atom. The molecule has 1 aromatic heterocycles. The van der Waals surface area contributed by atoms with Crippen molar-refractivity contribution in [1.29, 1.82) is 0 Å². The van der Waals surface area contributed by atoms with E-state index in [1.807, 2.05) is 48.2 Å². The van der Waals surface area contributed by atoms with Gasteiger partial charge in [-0.3, -0.25) is 4.98 Å². The number of nitrogens with one attached hydrogen (secondary N) is 1. The van der Waals surface area contributed by atoms with Crippen LogP contribution >= 0.6 is 0 Å². The molecule has 0 aliphatic carbocycles. The second-order valence-corrected chi connectivity index (χ2v) is 6.99. The van der Waals surface area contributed by atoms with Crippen molar-refractivity contribution in [1.82, 2.24) is 9.88 Å². The van der Waals surface area contributed by atoms with E-state index in [2.05, 4.69) is 10.3 Å². The molecule has 0 saturated carbocycles. The fourth-order valence-corrected chi connectivity index (χ4v) is 4.08. The van der Waals surface area contributed by atoms with Gasteiger partial charge >= 0.3 is 6.03 Å². The standard InChI is InChI=1S/C20H23N3O2/c1-14-3-2-4-15(11-14)22-20(24)23-16-5-6-17(23)13-19(12-16)25-18-7-9-21-10-8-18/h2-4,7-11,16-17,19H,5-6,12-13H2,1H3,(H,22,24). The fourth-order valence-electron chi connectivity index (χ4n) is 4.08. The minimum absolute atomic E-state index is 0.0143. The summed E-state index contributed by atoms with van der Waals surface area (Å²) in [6.07, 6.45) is 7.55. The Bertz CT molecular complexity index is 736. The van der Waals surface area contributed by atoms with Gasteiger partial charge in [0.2, 0.25) is 0 Å². The van der Waals surface area contributed by atoms with Gasteiger partial charge in [-0.15, -0.1) is 0 Å². The molecule has 1 N–H and O–H groups in total. The van der Waals surface area contributed by atoms with Gasteiger partial charge in [0.05, 0.1) is 0 Å². The van der Waals surface area contributed by atoms with Crippen LogP contribution in [0.15, 0.2) is 48.8 Å². The SMILES string of the molecule is Cc1cccc(NC(=O)N2C3CCC2CC(Oc2ccncc2)C3)c1. The normalized spacial score (nSPS) is 24.8. The van der Waals surface area contributed by atoms with Crippen molar-refractivity contribution in [3.63, 3.8) is 0 Å². The first kappa shape index (κ1) is 15.9. The van der Waals surface area contributed by atoms with Crippen LogP contribution in [0.1, 0.15) is 31.2 Å². The summed E-state index contributed by atoms with van der Waals surface area (Å²) in [5, 5.41) is 3.06. The van der Waals surface area contributed by atoms with Crippen LogP contribution < -0.4 is 10.1 Å². The predicted molar refractivity (Wildman–Crippen MR) is 96.7 cm³/mol. The number of hydrogen-bond acceptors (Lipinski definition) is 3. The minimum Gasteiger partial charge on any atom is -0.490 e. The number of carbonyl (C=O) groups is 1. The molecule has 3 heterocycles. The topological polar surface area (TPSA) is 54.5 Å². The van der Waals surface area contributed by atoms with Gasteiger partial charge in [0.1, 0.15) is 11.9 Å². The number of pyridine rings is 1. The first-order chi connectivity index (χ1) is 12.2. The summed E-state index contributed by atoms with van der Waals surface area (Å²) in [5.74, 6) is 0.858. The van der Waals surface area contributed by atoms with Crippen molar-refractivity contribution in [2.24, 2.45) is 0 Å². The highest BCUT2D eigenvalue weighted by atomic mass is 16.5. The fraction of sp³-hybridized carbons (Fsp3) is 0.400. The number of carbonyl (C=O) groups excluding carboxylic acids is 1. The number of hydrogen-bond donors (Lipinski definition) is 1. The van der Waals surface area contributed by atoms with Crippen molar-refractivity contribution in [2.45, 2.75) is 50.8 Å². The molecule has 2 saturated heterocycles. The van der Waals surface area contributed by atoms with E-state index < -0.39 is 0 Å². The summed E-state index contributed by atoms with van der Waals surface area (Å²) in [6.45, 7) is 2.03. The maximum absolute atomic E-state index is 12.8. The number of fused-ring (bicyclic) bond motifs is 2. The highest BCUT2D eigenvalue weighted by Crippen LogP contribution is 2.37. The van der Waals surface area contributed by atoms with Gasteiger partial charge in [0.25, 0.3) is 0 Å². The Hall–Kier alpha value is -2.56. The molecule has 5 nitrogen and oxygen atoms in total. The van der Waals surface area contributed by atoms with Gasteiger partial charge < -0.3 is 15.0 Å². The number of urea groups is 1. The third kappa shape index (κ3) is 3.45. The molecule has 2 unspecified atom stereocenters. The molecule has 2 atom stereocenters. The number of ether oxygens (including phenoxy) is 1. The van der Waals surface area contributed by atoms with Gasteiger partial charge in [0, 0.05) is 43.0 Å². The van der Waals surface area contributed by atoms with Crippen LogP contribution in [0.2, 0.25) is 0 Å². The smallest absolute Gasteiger partial charge is 0.322 e. The third-order valence-corrected chi connectivity index (χ3v) is 5.15. The molecule has 130 valence electrons. The molecule has 2 bridgehead atoms. The summed E-state index contributed by atoms with van der Waals surface area (Å²) in [6, 6.07) is 12.2. The van der Waals surface area contributed by atoms with E-state index in [4.69, 9.17) is 4.74 Å². The van der Waals surface area contributed by atoms with Gasteiger partial charge in [-0.05, 0) is 49.6 Å². The van der Waals surface area contributed by atoms with E-state index in [1.54, 1.807) is 12.4 Å². The molecule has 2 aliphatic rings. The van der Waals surface area contributed by atoms with Gasteiger partial charge in [-0.1, -0.05) is 12.1 Å². The number of aryl methyl sites for hydroxylation is 1. The molecular formula is C20H23N3O2. The van der Waals surface area contributed by atoms with E-state index in [1.165, 1.54) is 0 Å². The maximum Gasteiger partial charge on any atom is 0.322 e. The average molecular weight is 337 g/mol. The predicted octanol–water partition coefficient (Wildman–Crippen LogP) is 4.00. The van der Waals surface area contributed by atoms with E-state index in [0.717, 1.165) is 42.7 Å². The first-order valence-corrected chi connectivity index (χ1v) is 8.92. The van der Waals surface area contributed by atoms with Crippen LogP contribution in [0.4, 0.5) is 10.5 Å². The molecule has 2 aromatic rings. The quantitative estimate of drug-likeness (QED) is 0.921. The highest BCUT2D eigenvalue weighted by molar-refractivity contribution is 5.90. The Kier molecular flexibility index (Phi) is 4.30. The largest absolute Gasteiger partial charge is 0.490 e. The molecule has 0 spiro atoms. The number of aromatic nitrogens is 1. The molecule has 1 aromatic carbocycles. The lowest BCUT2D eigenvalue weighted by molar-refractivity contribution is 0.0732. The first-order valence-electron chi connectivity index (χ1n) is 8.92. The van der Waals surface area contributed by atoms with Crippen molar-refractivity contribution in [3.8, 4) is 5.75 Å². The average Bonchev–Trinajstić information content (AvgIpc) is 2.87. The molecule has 25 heavy (non-hydrogen) atoms. The Morgan fingerprint density at radius 1 is 1.16 bits per heavy atom. The Labute approximate surface area is 148 Å². The highest BCUT2D eigenvalue weighted by Gasteiger charge is 2.44. The number of rotatable bonds is 3. The summed E-state index contributed by atoms with van der Waals surface area (Å²) < 4.78 is 6.10. The van der Waals surface area contributed by atoms with Crippen molar-refractivity contribution in [3.05, 3.63) is 54.4 Å². The van der Waals surface area contributed by atoms with Crippen LogP contribution in [-0.2, 0) is 0 Å². The number of anilines is 1. The molecule has 2 fully saturated rings. The zero-order valence-corrected chi connectivity index (χ0v) is 14.4. The Morgan fingerprint density at radius 2 is 1.88 bits per heavy atom. The molecule has 2 amide bonds. The summed E-state index contributed by atoms with van der Waals surface area (Å²) >= 11 is 0. The summed E-state index contributed by atoms with van der Waals surface area (Å²) in [5.41, 5.74) is 2.00. The lowest BCUT2D eigenvalue weighted by atomic mass is 10.00. The molecule has 2 aliphatic heterocycles. The molecule has 4 rings (SSSR count). The van der Waals surface area contributed by atoms with Crippen molar-refractivity contribution in [2.75, 3.05) is 5.32 Å². The van der Waals surface area contributed by atoms with E-state index in [9.17, 15) is 4.79 Å². The number of amides is 2. The van der Waals surface area contributed by atoms with E-state index >= 15 is 0 Å². The lowest BCUT2D eigenvalue weighted by Gasteiger charge is -2.38. The Balaban J connectivity index is 1.41. The van der Waals surface area contributed by atoms with Crippen LogP contribution in [-0.4, -0.2) is 34.1 Å². The number of piperidine rings is 1. The van der Waals surface area contributed by atoms with Crippen LogP contribution in [0.5, 0.6) is 5.75 Å². The number of benzene rings is 1. The summed E-state index contributed by atoms with van der Waals surface area (Å²) in [4.78, 5) is 18.8. The molecule has 5 heteroatoms. The monoisotopic (exact) mass is 337 g/mol. The van der Waals surface area contributed by atoms with Crippen LogP contribution in [0, 0.1) is 6.92 Å². The maximum atomic E-state index is 12.8. The van der Waals surface area contributed by atoms with E-state index in [-0.39, 0.29) is 24.2 Å². The number of nitrogens with zero attached hydrogens (tertiary/aromatic N) is 2. The molecular weight excluding hydrogens is 314 g/mol. The van der Waals surface area contributed by atoms with E-state index in [0.29, 0.717) is 0 Å². The second kappa shape index (κ2) is 6.75. The van der Waals surface area contributed by atoms with Crippen LogP contribution in [0.3, 0.4) is 0 Å². The summed E-state index contributed by atoms with van der Waals surface area (Å²) in [7, 11) is 0. The molecule has 0 radical (unpaired) electrons. The zero-order chi connectivity index (χ0) is 17.2. The lowest BCUT2D eigenvalue weighted by Crippen LogP contribution is -2.50. The van der Waals surface area contributed by atoms with Crippen molar-refractivity contribution >= 4 is 11.7 Å². The van der Waals surface area contributed by atoms with Crippen molar-refractivity contribution < 1.29 is 9.53 Å². The van der Waals surface area contributed by atoms with Gasteiger partial charge in [-0.25, -0.2) is 4.79 Å². The minimum atomic E-state index is 0.0143. The van der Waals surface area contributed by atoms with Crippen LogP contribution in [0.25, 0.3) is 0 Å².